The Hall–Kier alpha value is -8.14. The van der Waals surface area contributed by atoms with Crippen LogP contribution in [-0.4, -0.2) is 0 Å². The van der Waals surface area contributed by atoms with Crippen molar-refractivity contribution in [1.29, 1.82) is 0 Å². The molecule has 3 heteroatoms. The van der Waals surface area contributed by atoms with Crippen molar-refractivity contribution >= 4 is 71.7 Å². The first-order valence-corrected chi connectivity index (χ1v) is 20.7. The molecule has 286 valence electrons. The predicted molar refractivity (Wildman–Crippen MR) is 255 cm³/mol. The Kier molecular flexibility index (Phi) is 8.17. The summed E-state index contributed by atoms with van der Waals surface area (Å²) in [6.07, 6.45) is 0. The number of furan rings is 2. The van der Waals surface area contributed by atoms with E-state index in [0.29, 0.717) is 0 Å². The lowest BCUT2D eigenvalue weighted by Gasteiger charge is -2.29. The molecule has 0 aliphatic heterocycles. The molecule has 0 aliphatic carbocycles. The molecule has 10 aromatic carbocycles. The molecular formula is C58H37NO2. The van der Waals surface area contributed by atoms with Gasteiger partial charge < -0.3 is 13.7 Å². The Bertz CT molecular complexity index is 3450. The number of anilines is 3. The lowest BCUT2D eigenvalue weighted by molar-refractivity contribution is 0.668. The summed E-state index contributed by atoms with van der Waals surface area (Å²) in [5, 5.41) is 6.92. The van der Waals surface area contributed by atoms with Gasteiger partial charge in [-0.05, 0) is 116 Å². The first-order chi connectivity index (χ1) is 30.2. The molecule has 2 heterocycles. The van der Waals surface area contributed by atoms with E-state index < -0.39 is 0 Å². The van der Waals surface area contributed by atoms with Crippen LogP contribution in [-0.2, 0) is 0 Å². The molecule has 0 saturated heterocycles. The second kappa shape index (κ2) is 14.3. The van der Waals surface area contributed by atoms with Crippen molar-refractivity contribution in [3.8, 4) is 44.5 Å². The van der Waals surface area contributed by atoms with Crippen molar-refractivity contribution in [3.63, 3.8) is 0 Å². The van der Waals surface area contributed by atoms with Gasteiger partial charge in [0.25, 0.3) is 0 Å². The van der Waals surface area contributed by atoms with Crippen LogP contribution in [0.4, 0.5) is 17.1 Å². The van der Waals surface area contributed by atoms with Crippen molar-refractivity contribution in [1.82, 2.24) is 0 Å². The van der Waals surface area contributed by atoms with Crippen molar-refractivity contribution < 1.29 is 8.83 Å². The van der Waals surface area contributed by atoms with Crippen molar-refractivity contribution in [2.24, 2.45) is 0 Å². The predicted octanol–water partition coefficient (Wildman–Crippen LogP) is 16.8. The smallest absolute Gasteiger partial charge is 0.136 e. The van der Waals surface area contributed by atoms with E-state index in [4.69, 9.17) is 8.83 Å². The van der Waals surface area contributed by atoms with Crippen molar-refractivity contribution in [2.45, 2.75) is 0 Å². The zero-order valence-corrected chi connectivity index (χ0v) is 33.1. The molecule has 61 heavy (non-hydrogen) atoms. The number of para-hydroxylation sites is 3. The molecule has 0 aliphatic rings. The lowest BCUT2D eigenvalue weighted by atomic mass is 9.90. The molecule has 0 fully saturated rings. The number of benzene rings is 10. The van der Waals surface area contributed by atoms with Gasteiger partial charge in [-0.25, -0.2) is 0 Å². The van der Waals surface area contributed by atoms with Gasteiger partial charge in [0.1, 0.15) is 22.3 Å². The molecule has 2 aromatic heterocycles. The third-order valence-electron chi connectivity index (χ3n) is 12.1. The van der Waals surface area contributed by atoms with E-state index in [0.717, 1.165) is 88.8 Å². The second-order valence-corrected chi connectivity index (χ2v) is 15.6. The Morgan fingerprint density at radius 3 is 1.36 bits per heavy atom. The third-order valence-corrected chi connectivity index (χ3v) is 12.1. The highest BCUT2D eigenvalue weighted by molar-refractivity contribution is 6.10. The van der Waals surface area contributed by atoms with Gasteiger partial charge >= 0.3 is 0 Å². The maximum absolute atomic E-state index is 6.35. The second-order valence-electron chi connectivity index (χ2n) is 15.6. The van der Waals surface area contributed by atoms with Crippen molar-refractivity contribution in [3.05, 3.63) is 224 Å². The molecule has 0 amide bonds. The summed E-state index contributed by atoms with van der Waals surface area (Å²) >= 11 is 0. The minimum Gasteiger partial charge on any atom is -0.456 e. The van der Waals surface area contributed by atoms with Gasteiger partial charge in [0, 0.05) is 38.5 Å². The van der Waals surface area contributed by atoms with Crippen LogP contribution < -0.4 is 4.90 Å². The molecule has 3 nitrogen and oxygen atoms in total. The standard InChI is InChI=1S/C58H37NO2/c1-2-14-38(15-3-1)46-25-12-16-39-17-13-26-52(58(39)46)47-22-4-7-27-53(47)59(44-20-10-18-40(34-44)42-30-32-50-48-23-5-8-28-54(48)60-56(50)36-42)45-21-11-19-41(35-45)43-31-33-51-49-24-6-9-29-55(49)61-57(51)37-43/h1-37H. The molecular weight excluding hydrogens is 743 g/mol. The average molecular weight is 780 g/mol. The maximum atomic E-state index is 6.35. The monoisotopic (exact) mass is 779 g/mol. The Balaban J connectivity index is 1.05. The summed E-state index contributed by atoms with van der Waals surface area (Å²) in [5.74, 6) is 0. The van der Waals surface area contributed by atoms with Gasteiger partial charge in [0.05, 0.1) is 5.69 Å². The Morgan fingerprint density at radius 2 is 0.738 bits per heavy atom. The highest BCUT2D eigenvalue weighted by Gasteiger charge is 2.21. The van der Waals surface area contributed by atoms with Gasteiger partial charge in [0.15, 0.2) is 0 Å². The maximum Gasteiger partial charge on any atom is 0.136 e. The molecule has 0 saturated carbocycles. The van der Waals surface area contributed by atoms with E-state index in [1.807, 2.05) is 24.3 Å². The minimum absolute atomic E-state index is 0.880. The highest BCUT2D eigenvalue weighted by Crippen LogP contribution is 2.46. The van der Waals surface area contributed by atoms with Crippen LogP contribution in [0.1, 0.15) is 0 Å². The summed E-state index contributed by atoms with van der Waals surface area (Å²) in [4.78, 5) is 2.41. The molecule has 0 spiro atoms. The first kappa shape index (κ1) is 34.9. The minimum atomic E-state index is 0.880. The zero-order valence-electron chi connectivity index (χ0n) is 33.1. The summed E-state index contributed by atoms with van der Waals surface area (Å²) in [5.41, 5.74) is 15.8. The molecule has 0 bridgehead atoms. The van der Waals surface area contributed by atoms with Crippen LogP contribution in [0.25, 0.3) is 99.2 Å². The molecule has 0 atom stereocenters. The van der Waals surface area contributed by atoms with Gasteiger partial charge in [0.2, 0.25) is 0 Å². The highest BCUT2D eigenvalue weighted by atomic mass is 16.3. The fourth-order valence-corrected chi connectivity index (χ4v) is 9.21. The van der Waals surface area contributed by atoms with E-state index in [-0.39, 0.29) is 0 Å². The number of hydrogen-bond donors (Lipinski definition) is 0. The quantitative estimate of drug-likeness (QED) is 0.161. The van der Waals surface area contributed by atoms with Gasteiger partial charge in [-0.2, -0.15) is 0 Å². The lowest BCUT2D eigenvalue weighted by Crippen LogP contribution is -2.11. The van der Waals surface area contributed by atoms with Gasteiger partial charge in [-0.3, -0.25) is 0 Å². The molecule has 12 rings (SSSR count). The Labute approximate surface area is 353 Å². The fraction of sp³-hybridized carbons (Fsp3) is 0. The Morgan fingerprint density at radius 1 is 0.279 bits per heavy atom. The van der Waals surface area contributed by atoms with E-state index in [9.17, 15) is 0 Å². The van der Waals surface area contributed by atoms with E-state index in [2.05, 4.69) is 205 Å². The van der Waals surface area contributed by atoms with Crippen LogP contribution in [0, 0.1) is 0 Å². The van der Waals surface area contributed by atoms with E-state index >= 15 is 0 Å². The normalized spacial score (nSPS) is 11.6. The summed E-state index contributed by atoms with van der Waals surface area (Å²) in [6, 6.07) is 80.1. The van der Waals surface area contributed by atoms with Crippen LogP contribution in [0.15, 0.2) is 233 Å². The fourth-order valence-electron chi connectivity index (χ4n) is 9.21. The van der Waals surface area contributed by atoms with Gasteiger partial charge in [-0.1, -0.05) is 158 Å². The van der Waals surface area contributed by atoms with Crippen LogP contribution >= 0.6 is 0 Å². The molecule has 0 radical (unpaired) electrons. The van der Waals surface area contributed by atoms with Crippen LogP contribution in [0.2, 0.25) is 0 Å². The average Bonchev–Trinajstić information content (AvgIpc) is 3.90. The molecule has 0 unspecified atom stereocenters. The van der Waals surface area contributed by atoms with Crippen LogP contribution in [0.5, 0.6) is 0 Å². The molecule has 12 aromatic rings. The van der Waals surface area contributed by atoms with E-state index in [1.165, 1.54) is 27.5 Å². The first-order valence-electron chi connectivity index (χ1n) is 20.7. The van der Waals surface area contributed by atoms with Crippen LogP contribution in [0.3, 0.4) is 0 Å². The number of fused-ring (bicyclic) bond motifs is 7. The summed E-state index contributed by atoms with van der Waals surface area (Å²) in [6.45, 7) is 0. The topological polar surface area (TPSA) is 29.5 Å². The third kappa shape index (κ3) is 5.98. The number of rotatable bonds is 7. The largest absolute Gasteiger partial charge is 0.456 e. The number of nitrogens with zero attached hydrogens (tertiary/aromatic N) is 1. The zero-order chi connectivity index (χ0) is 40.3. The summed E-state index contributed by atoms with van der Waals surface area (Å²) in [7, 11) is 0. The SMILES string of the molecule is c1ccc(-c2cccc3cccc(-c4ccccc4N(c4cccc(-c5ccc6c(c5)oc5ccccc56)c4)c4cccc(-c5ccc6c(c5)oc5ccccc56)c4)c23)cc1. The molecule has 0 N–H and O–H groups in total. The summed E-state index contributed by atoms with van der Waals surface area (Å²) < 4.78 is 12.7. The van der Waals surface area contributed by atoms with Crippen molar-refractivity contribution in [2.75, 3.05) is 4.90 Å². The van der Waals surface area contributed by atoms with E-state index in [1.54, 1.807) is 0 Å². The van der Waals surface area contributed by atoms with Gasteiger partial charge in [-0.15, -0.1) is 0 Å². The number of hydrogen-bond acceptors (Lipinski definition) is 3.